The van der Waals surface area contributed by atoms with Crippen LogP contribution in [0, 0.1) is 0 Å². The summed E-state index contributed by atoms with van der Waals surface area (Å²) in [6, 6.07) is 6.52. The first-order chi connectivity index (χ1) is 9.11. The van der Waals surface area contributed by atoms with Crippen molar-refractivity contribution in [1.29, 1.82) is 0 Å². The molecule has 1 aliphatic heterocycles. The van der Waals surface area contributed by atoms with Crippen molar-refractivity contribution in [1.82, 2.24) is 4.90 Å². The molecule has 1 aliphatic rings. The minimum absolute atomic E-state index is 0.0130. The van der Waals surface area contributed by atoms with Crippen LogP contribution >= 0.6 is 0 Å². The first-order valence-electron chi connectivity index (χ1n) is 6.41. The molecule has 102 valence electrons. The molecule has 0 aliphatic carbocycles. The van der Waals surface area contributed by atoms with Crippen molar-refractivity contribution in [3.63, 3.8) is 0 Å². The molecule has 1 saturated heterocycles. The van der Waals surface area contributed by atoms with Crippen LogP contribution < -0.4 is 5.32 Å². The maximum atomic E-state index is 12.1. The number of Topliss-reactive ketones (excluding diaryl/α,β-unsaturated/α-hetero) is 1. The summed E-state index contributed by atoms with van der Waals surface area (Å²) in [5.74, 6) is -0.0366. The molecule has 2 N–H and O–H groups in total. The van der Waals surface area contributed by atoms with Crippen LogP contribution in [0.3, 0.4) is 0 Å². The van der Waals surface area contributed by atoms with Crippen LogP contribution in [-0.2, 0) is 0 Å². The number of aliphatic hydroxyl groups excluding tert-OH is 1. The summed E-state index contributed by atoms with van der Waals surface area (Å²) < 4.78 is 0. The van der Waals surface area contributed by atoms with Gasteiger partial charge in [0.15, 0.2) is 5.78 Å². The van der Waals surface area contributed by atoms with Crippen LogP contribution in [0.15, 0.2) is 24.3 Å². The van der Waals surface area contributed by atoms with Crippen molar-refractivity contribution in [2.75, 3.05) is 18.5 Å². The van der Waals surface area contributed by atoms with E-state index in [4.69, 9.17) is 0 Å². The largest absolute Gasteiger partial charge is 0.394 e. The average Bonchev–Trinajstić information content (AvgIpc) is 2.87. The number of anilines is 1. The van der Waals surface area contributed by atoms with Crippen LogP contribution in [0.1, 0.15) is 30.1 Å². The first kappa shape index (κ1) is 13.5. The van der Waals surface area contributed by atoms with Gasteiger partial charge in [-0.3, -0.25) is 4.79 Å². The van der Waals surface area contributed by atoms with Crippen molar-refractivity contribution in [3.05, 3.63) is 29.8 Å². The second-order valence-electron chi connectivity index (χ2n) is 4.74. The zero-order chi connectivity index (χ0) is 13.8. The fraction of sp³-hybridized carbons (Fsp3) is 0.429. The number of hydrogen-bond donors (Lipinski definition) is 2. The lowest BCUT2D eigenvalue weighted by Gasteiger charge is -2.23. The van der Waals surface area contributed by atoms with E-state index >= 15 is 0 Å². The fourth-order valence-corrected chi connectivity index (χ4v) is 2.30. The van der Waals surface area contributed by atoms with Crippen LogP contribution in [-0.4, -0.2) is 41.0 Å². The topological polar surface area (TPSA) is 69.6 Å². The van der Waals surface area contributed by atoms with E-state index in [1.54, 1.807) is 29.2 Å². The lowest BCUT2D eigenvalue weighted by molar-refractivity contribution is 0.101. The van der Waals surface area contributed by atoms with E-state index in [0.717, 1.165) is 12.8 Å². The molecule has 1 aromatic carbocycles. The van der Waals surface area contributed by atoms with Gasteiger partial charge < -0.3 is 15.3 Å². The highest BCUT2D eigenvalue weighted by Crippen LogP contribution is 2.19. The highest BCUT2D eigenvalue weighted by Gasteiger charge is 2.27. The maximum Gasteiger partial charge on any atom is 0.322 e. The Bertz CT molecular complexity index is 487. The summed E-state index contributed by atoms with van der Waals surface area (Å²) in [5, 5.41) is 12.0. The molecule has 0 bridgehead atoms. The molecule has 0 spiro atoms. The summed E-state index contributed by atoms with van der Waals surface area (Å²) >= 11 is 0. The van der Waals surface area contributed by atoms with Gasteiger partial charge >= 0.3 is 6.03 Å². The van der Waals surface area contributed by atoms with E-state index in [2.05, 4.69) is 5.32 Å². The van der Waals surface area contributed by atoms with Gasteiger partial charge in [0, 0.05) is 17.8 Å². The van der Waals surface area contributed by atoms with Crippen molar-refractivity contribution >= 4 is 17.5 Å². The molecule has 2 rings (SSSR count). The molecule has 1 unspecified atom stereocenters. The van der Waals surface area contributed by atoms with E-state index in [9.17, 15) is 14.7 Å². The second-order valence-corrected chi connectivity index (χ2v) is 4.74. The molecular formula is C14H18N2O3. The zero-order valence-electron chi connectivity index (χ0n) is 10.9. The lowest BCUT2D eigenvalue weighted by Crippen LogP contribution is -2.40. The monoisotopic (exact) mass is 262 g/mol. The van der Waals surface area contributed by atoms with Crippen molar-refractivity contribution in [2.45, 2.75) is 25.8 Å². The highest BCUT2D eigenvalue weighted by molar-refractivity contribution is 5.96. The highest BCUT2D eigenvalue weighted by atomic mass is 16.3. The van der Waals surface area contributed by atoms with E-state index in [1.807, 2.05) is 0 Å². The zero-order valence-corrected chi connectivity index (χ0v) is 10.9. The molecular weight excluding hydrogens is 244 g/mol. The Morgan fingerprint density at radius 1 is 1.47 bits per heavy atom. The van der Waals surface area contributed by atoms with Crippen LogP contribution in [0.4, 0.5) is 10.5 Å². The third-order valence-corrected chi connectivity index (χ3v) is 3.37. The average molecular weight is 262 g/mol. The SMILES string of the molecule is CC(=O)c1cccc(NC(=O)N2CCCC2CO)c1. The van der Waals surface area contributed by atoms with E-state index < -0.39 is 0 Å². The normalized spacial score (nSPS) is 18.4. The molecule has 1 aromatic rings. The molecule has 1 fully saturated rings. The minimum Gasteiger partial charge on any atom is -0.394 e. The number of carbonyl (C=O) groups is 2. The number of urea groups is 1. The maximum absolute atomic E-state index is 12.1. The van der Waals surface area contributed by atoms with Gasteiger partial charge in [-0.25, -0.2) is 4.79 Å². The summed E-state index contributed by atoms with van der Waals surface area (Å²) in [5.41, 5.74) is 1.17. The molecule has 0 saturated carbocycles. The van der Waals surface area contributed by atoms with Crippen LogP contribution in [0.2, 0.25) is 0 Å². The van der Waals surface area contributed by atoms with Gasteiger partial charge in [0.1, 0.15) is 0 Å². The number of nitrogens with one attached hydrogen (secondary N) is 1. The number of nitrogens with zero attached hydrogens (tertiary/aromatic N) is 1. The van der Waals surface area contributed by atoms with Crippen molar-refractivity contribution in [2.24, 2.45) is 0 Å². The molecule has 19 heavy (non-hydrogen) atoms. The molecule has 1 heterocycles. The van der Waals surface area contributed by atoms with E-state index in [0.29, 0.717) is 17.8 Å². The number of amides is 2. The fourth-order valence-electron chi connectivity index (χ4n) is 2.30. The van der Waals surface area contributed by atoms with Crippen molar-refractivity contribution in [3.8, 4) is 0 Å². The molecule has 0 radical (unpaired) electrons. The number of aliphatic hydroxyl groups is 1. The number of likely N-dealkylation sites (tertiary alicyclic amines) is 1. The number of rotatable bonds is 3. The van der Waals surface area contributed by atoms with Crippen molar-refractivity contribution < 1.29 is 14.7 Å². The minimum atomic E-state index is -0.225. The summed E-state index contributed by atoms with van der Waals surface area (Å²) in [6.45, 7) is 2.13. The Hall–Kier alpha value is -1.88. The Balaban J connectivity index is 2.06. The Morgan fingerprint density at radius 2 is 2.26 bits per heavy atom. The summed E-state index contributed by atoms with van der Waals surface area (Å²) in [4.78, 5) is 25.0. The molecule has 1 atom stereocenters. The first-order valence-corrected chi connectivity index (χ1v) is 6.41. The van der Waals surface area contributed by atoms with Gasteiger partial charge in [0.25, 0.3) is 0 Å². The van der Waals surface area contributed by atoms with Gasteiger partial charge in [0.2, 0.25) is 0 Å². The molecule has 2 amide bonds. The lowest BCUT2D eigenvalue weighted by atomic mass is 10.1. The van der Waals surface area contributed by atoms with Gasteiger partial charge in [-0.2, -0.15) is 0 Å². The van der Waals surface area contributed by atoms with E-state index in [1.165, 1.54) is 6.92 Å². The number of hydrogen-bond acceptors (Lipinski definition) is 3. The van der Waals surface area contributed by atoms with Crippen LogP contribution in [0.5, 0.6) is 0 Å². The predicted octanol–water partition coefficient (Wildman–Crippen LogP) is 1.88. The third kappa shape index (κ3) is 3.12. The Labute approximate surface area is 112 Å². The quantitative estimate of drug-likeness (QED) is 0.817. The van der Waals surface area contributed by atoms with Gasteiger partial charge in [-0.15, -0.1) is 0 Å². The van der Waals surface area contributed by atoms with Gasteiger partial charge in [-0.05, 0) is 31.9 Å². The molecule has 0 aromatic heterocycles. The smallest absolute Gasteiger partial charge is 0.322 e. The number of ketones is 1. The number of benzene rings is 1. The standard InChI is InChI=1S/C14H18N2O3/c1-10(18)11-4-2-5-12(8-11)15-14(19)16-7-3-6-13(16)9-17/h2,4-5,8,13,17H,3,6-7,9H2,1H3,(H,15,19). The van der Waals surface area contributed by atoms with E-state index in [-0.39, 0.29) is 24.5 Å². The van der Waals surface area contributed by atoms with Crippen LogP contribution in [0.25, 0.3) is 0 Å². The number of carbonyl (C=O) groups excluding carboxylic acids is 2. The summed E-state index contributed by atoms with van der Waals surface area (Å²) in [6.07, 6.45) is 1.74. The molecule has 5 nitrogen and oxygen atoms in total. The predicted molar refractivity (Wildman–Crippen MR) is 72.3 cm³/mol. The van der Waals surface area contributed by atoms with Gasteiger partial charge in [-0.1, -0.05) is 12.1 Å². The third-order valence-electron chi connectivity index (χ3n) is 3.37. The summed E-state index contributed by atoms with van der Waals surface area (Å²) in [7, 11) is 0. The Morgan fingerprint density at radius 3 is 2.95 bits per heavy atom. The second kappa shape index (κ2) is 5.84. The molecule has 5 heteroatoms. The Kier molecular flexibility index (Phi) is 4.16. The van der Waals surface area contributed by atoms with Gasteiger partial charge in [0.05, 0.1) is 12.6 Å².